The van der Waals surface area contributed by atoms with Crippen LogP contribution in [0.25, 0.3) is 0 Å². The Labute approximate surface area is 283 Å². The van der Waals surface area contributed by atoms with Gasteiger partial charge < -0.3 is 14.6 Å². The molecule has 1 saturated heterocycles. The number of carboxylic acids is 1. The molecule has 1 N–H and O–H groups in total. The van der Waals surface area contributed by atoms with Crippen molar-refractivity contribution in [2.75, 3.05) is 32.5 Å². The summed E-state index contributed by atoms with van der Waals surface area (Å²) in [5, 5.41) is 11.6. The highest BCUT2D eigenvalue weighted by Gasteiger charge is 2.86. The molecule has 0 aromatic rings. The van der Waals surface area contributed by atoms with Gasteiger partial charge in [0.15, 0.2) is 0 Å². The van der Waals surface area contributed by atoms with Gasteiger partial charge in [-0.05, 0) is 86.5 Å². The molecule has 8 nitrogen and oxygen atoms in total. The van der Waals surface area contributed by atoms with Crippen LogP contribution in [0.1, 0.15) is 111 Å². The lowest BCUT2D eigenvalue weighted by Gasteiger charge is -2.60. The van der Waals surface area contributed by atoms with E-state index in [1.54, 1.807) is 0 Å². The Bertz CT molecular complexity index is 1310. The van der Waals surface area contributed by atoms with E-state index < -0.39 is 32.3 Å². The number of carboxylic acid groups (broad SMARTS) is 1. The molecule has 0 radical (unpaired) electrons. The summed E-state index contributed by atoms with van der Waals surface area (Å²) in [4.78, 5) is 30.1. The maximum absolute atomic E-state index is 14.1. The summed E-state index contributed by atoms with van der Waals surface area (Å²) in [6, 6.07) is 0. The monoisotopic (exact) mass is 675 g/mol. The van der Waals surface area contributed by atoms with E-state index in [2.05, 4.69) is 38.7 Å². The van der Waals surface area contributed by atoms with Crippen molar-refractivity contribution in [2.24, 2.45) is 57.7 Å². The Hall–Kier alpha value is -1.29. The summed E-state index contributed by atoms with van der Waals surface area (Å²) in [5.74, 6) is 1.16. The molecule has 5 fully saturated rings. The van der Waals surface area contributed by atoms with E-state index >= 15 is 0 Å². The first-order valence-electron chi connectivity index (χ1n) is 19.0. The van der Waals surface area contributed by atoms with Gasteiger partial charge in [0.05, 0.1) is 30.5 Å². The lowest BCUT2D eigenvalue weighted by Crippen LogP contribution is -2.65. The van der Waals surface area contributed by atoms with Crippen molar-refractivity contribution < 1.29 is 32.0 Å². The Morgan fingerprint density at radius 2 is 1.89 bits per heavy atom. The van der Waals surface area contributed by atoms with Crippen LogP contribution in [0.15, 0.2) is 11.6 Å². The fourth-order valence-corrected chi connectivity index (χ4v) is 12.9. The van der Waals surface area contributed by atoms with Crippen molar-refractivity contribution in [2.45, 2.75) is 123 Å². The quantitative estimate of drug-likeness (QED) is 0.0830. The predicted molar refractivity (Wildman–Crippen MR) is 182 cm³/mol. The predicted octanol–water partition coefficient (Wildman–Crippen LogP) is 6.73. The van der Waals surface area contributed by atoms with E-state index in [9.17, 15) is 23.1 Å². The zero-order chi connectivity index (χ0) is 33.8. The number of hydrogen-bond donors (Lipinski definition) is 1. The standard InChI is InChI=1S/C38H61NO7S/c1-6-7-10-15-39(16-17-45-47(5,43)44)23-33-28(18-27-11-8-9-12-27)19-34(46-33)37-22-30-26(4)13-14-31(30)36(24-40)21-29(37)20-32(25(2)3)38(36,37)35(41)42/h20,24-31,33-34H,6-19,21-23H2,1-5H3,(H,41,42)/t26-,28-,29?,30-,31-,33+,34-,36?,37?,38+/m1/s1. The first-order valence-corrected chi connectivity index (χ1v) is 20.8. The van der Waals surface area contributed by atoms with Crippen LogP contribution in [0.5, 0.6) is 0 Å². The molecule has 4 bridgehead atoms. The van der Waals surface area contributed by atoms with E-state index in [0.29, 0.717) is 43.2 Å². The first-order chi connectivity index (χ1) is 22.3. The molecule has 0 aromatic carbocycles. The Morgan fingerprint density at radius 3 is 2.53 bits per heavy atom. The van der Waals surface area contributed by atoms with E-state index in [4.69, 9.17) is 8.92 Å². The number of carbonyl (C=O) groups is 2. The molecule has 47 heavy (non-hydrogen) atoms. The van der Waals surface area contributed by atoms with Gasteiger partial charge in [0, 0.05) is 18.5 Å². The number of hydrogen-bond acceptors (Lipinski definition) is 7. The number of fused-ring (bicyclic) bond motifs is 2. The minimum Gasteiger partial charge on any atom is -0.481 e. The highest BCUT2D eigenvalue weighted by Crippen LogP contribution is 2.84. The number of aliphatic carboxylic acids is 1. The van der Waals surface area contributed by atoms with Crippen LogP contribution < -0.4 is 0 Å². The minimum absolute atomic E-state index is 0.0266. The summed E-state index contributed by atoms with van der Waals surface area (Å²) in [6.45, 7) is 10.9. The van der Waals surface area contributed by atoms with Crippen molar-refractivity contribution in [3.8, 4) is 0 Å². The fraction of sp³-hybridized carbons (Fsp3) is 0.895. The lowest BCUT2D eigenvalue weighted by molar-refractivity contribution is -0.197. The molecule has 0 amide bonds. The molecule has 1 heterocycles. The Morgan fingerprint density at radius 1 is 1.15 bits per heavy atom. The van der Waals surface area contributed by atoms with Gasteiger partial charge >= 0.3 is 5.97 Å². The molecule has 10 atom stereocenters. The van der Waals surface area contributed by atoms with Gasteiger partial charge in [0.2, 0.25) is 0 Å². The second kappa shape index (κ2) is 13.4. The van der Waals surface area contributed by atoms with Crippen LogP contribution in [0.4, 0.5) is 0 Å². The molecule has 0 aromatic heterocycles. The van der Waals surface area contributed by atoms with Crippen LogP contribution in [0.2, 0.25) is 0 Å². The number of unbranched alkanes of at least 4 members (excludes halogenated alkanes) is 2. The zero-order valence-corrected chi connectivity index (χ0v) is 30.4. The molecular weight excluding hydrogens is 614 g/mol. The summed E-state index contributed by atoms with van der Waals surface area (Å²) in [6.07, 6.45) is 17.9. The second-order valence-electron chi connectivity index (χ2n) is 16.9. The molecule has 9 heteroatoms. The van der Waals surface area contributed by atoms with Crippen molar-refractivity contribution in [3.05, 3.63) is 11.6 Å². The van der Waals surface area contributed by atoms with Gasteiger partial charge in [-0.25, -0.2) is 0 Å². The van der Waals surface area contributed by atoms with E-state index in [1.807, 2.05) is 0 Å². The highest BCUT2D eigenvalue weighted by atomic mass is 32.2. The van der Waals surface area contributed by atoms with Crippen molar-refractivity contribution in [3.63, 3.8) is 0 Å². The van der Waals surface area contributed by atoms with Crippen molar-refractivity contribution >= 4 is 22.4 Å². The summed E-state index contributed by atoms with van der Waals surface area (Å²) >= 11 is 0. The number of allylic oxidation sites excluding steroid dienone is 1. The minimum atomic E-state index is -3.53. The van der Waals surface area contributed by atoms with Gasteiger partial charge in [0.25, 0.3) is 10.1 Å². The molecule has 6 rings (SSSR count). The second-order valence-corrected chi connectivity index (χ2v) is 18.6. The maximum Gasteiger partial charge on any atom is 0.315 e. The summed E-state index contributed by atoms with van der Waals surface area (Å²) in [7, 11) is -3.53. The molecule has 6 aliphatic rings. The summed E-state index contributed by atoms with van der Waals surface area (Å²) in [5.41, 5.74) is -1.77. The average molecular weight is 676 g/mol. The molecule has 4 saturated carbocycles. The zero-order valence-electron chi connectivity index (χ0n) is 29.6. The normalized spacial score (nSPS) is 41.3. The third-order valence-electron chi connectivity index (χ3n) is 14.3. The molecule has 5 aliphatic carbocycles. The van der Waals surface area contributed by atoms with Crippen molar-refractivity contribution in [1.82, 2.24) is 4.90 Å². The first kappa shape index (κ1) is 35.5. The average Bonchev–Trinajstić information content (AvgIpc) is 3.82. The maximum atomic E-state index is 14.1. The molecule has 266 valence electrons. The topological polar surface area (TPSA) is 110 Å². The number of aldehydes is 1. The summed E-state index contributed by atoms with van der Waals surface area (Å²) < 4.78 is 36.1. The Balaban J connectivity index is 1.37. The third kappa shape index (κ3) is 5.69. The molecule has 1 aliphatic heterocycles. The van der Waals surface area contributed by atoms with Gasteiger partial charge in [-0.1, -0.05) is 84.3 Å². The number of carbonyl (C=O) groups excluding carboxylic acids is 1. The van der Waals surface area contributed by atoms with Gasteiger partial charge in [0.1, 0.15) is 11.7 Å². The fourth-order valence-electron chi connectivity index (χ4n) is 12.6. The van der Waals surface area contributed by atoms with Crippen LogP contribution in [0, 0.1) is 57.7 Å². The van der Waals surface area contributed by atoms with E-state index in [1.165, 1.54) is 25.7 Å². The van der Waals surface area contributed by atoms with Gasteiger partial charge in [-0.15, -0.1) is 0 Å². The molecular formula is C38H61NO7S. The number of rotatable bonds is 16. The largest absolute Gasteiger partial charge is 0.481 e. The third-order valence-corrected chi connectivity index (χ3v) is 14.9. The van der Waals surface area contributed by atoms with Crippen molar-refractivity contribution in [1.29, 1.82) is 0 Å². The SMILES string of the molecule is CCCCCN(CCOS(C)(=O)=O)C[C@@H]1O[C@@H](C23C[C@@H]4[C@H](C)CC[C@H]4C4(C=O)CC2C=C(C(C)C)[C@]43C(=O)O)C[C@H]1CC1CCCC1. The van der Waals surface area contributed by atoms with Crippen LogP contribution in [0.3, 0.4) is 0 Å². The number of ether oxygens (including phenoxy) is 1. The number of nitrogens with zero attached hydrogens (tertiary/aromatic N) is 1. The van der Waals surface area contributed by atoms with Crippen LogP contribution in [-0.4, -0.2) is 75.4 Å². The lowest BCUT2D eigenvalue weighted by atomic mass is 9.41. The molecule has 0 spiro atoms. The van der Waals surface area contributed by atoms with Crippen LogP contribution in [-0.2, 0) is 28.6 Å². The van der Waals surface area contributed by atoms with Gasteiger partial charge in [-0.3, -0.25) is 13.9 Å². The smallest absolute Gasteiger partial charge is 0.315 e. The van der Waals surface area contributed by atoms with Crippen LogP contribution >= 0.6 is 0 Å². The van der Waals surface area contributed by atoms with Gasteiger partial charge in [-0.2, -0.15) is 8.42 Å². The van der Waals surface area contributed by atoms with E-state index in [-0.39, 0.29) is 36.6 Å². The van der Waals surface area contributed by atoms with E-state index in [0.717, 1.165) is 76.0 Å². The molecule has 3 unspecified atom stereocenters. The highest BCUT2D eigenvalue weighted by molar-refractivity contribution is 7.85. The Kier molecular flexibility index (Phi) is 10.2.